The minimum Gasteiger partial charge on any atom is -0.497 e. The number of fused-ring (bicyclic) bond motifs is 1. The quantitative estimate of drug-likeness (QED) is 0.803. The normalized spacial score (nSPS) is 10.5. The number of methoxy groups -OCH3 is 1. The highest BCUT2D eigenvalue weighted by Gasteiger charge is 2.09. The first-order valence-electron chi connectivity index (χ1n) is 6.66. The number of pyridine rings is 1. The molecule has 1 N–H and O–H groups in total. The van der Waals surface area contributed by atoms with Crippen molar-refractivity contribution in [2.24, 2.45) is 0 Å². The van der Waals surface area contributed by atoms with E-state index in [-0.39, 0.29) is 5.91 Å². The number of carbonyl (C=O) groups is 1. The topological polar surface area (TPSA) is 51.2 Å². The number of benzene rings is 2. The first-order chi connectivity index (χ1) is 10.7. The fourth-order valence-corrected chi connectivity index (χ4v) is 2.16. The van der Waals surface area contributed by atoms with E-state index in [0.717, 1.165) is 10.9 Å². The number of ether oxygens (including phenoxy) is 1. The van der Waals surface area contributed by atoms with Crippen LogP contribution in [0.25, 0.3) is 10.9 Å². The maximum Gasteiger partial charge on any atom is 0.255 e. The zero-order chi connectivity index (χ0) is 15.5. The van der Waals surface area contributed by atoms with Gasteiger partial charge in [-0.05, 0) is 24.3 Å². The lowest BCUT2D eigenvalue weighted by molar-refractivity contribution is 0.102. The Labute approximate surface area is 126 Å². The van der Waals surface area contributed by atoms with Crippen molar-refractivity contribution < 1.29 is 13.9 Å². The van der Waals surface area contributed by atoms with Crippen LogP contribution in [0, 0.1) is 5.82 Å². The Kier molecular flexibility index (Phi) is 3.70. The monoisotopic (exact) mass is 296 g/mol. The molecule has 0 radical (unpaired) electrons. The van der Waals surface area contributed by atoms with Crippen LogP contribution in [-0.4, -0.2) is 18.0 Å². The Morgan fingerprint density at radius 2 is 2.05 bits per heavy atom. The lowest BCUT2D eigenvalue weighted by atomic mass is 10.1. The molecular formula is C17H13FN2O2. The summed E-state index contributed by atoms with van der Waals surface area (Å²) in [4.78, 5) is 16.5. The third-order valence-electron chi connectivity index (χ3n) is 3.23. The first-order valence-corrected chi connectivity index (χ1v) is 6.66. The number of nitrogens with one attached hydrogen (secondary N) is 1. The summed E-state index contributed by atoms with van der Waals surface area (Å²) in [6, 6.07) is 13.0. The Bertz CT molecular complexity index is 849. The minimum absolute atomic E-state index is 0.333. The molecule has 0 aliphatic rings. The summed E-state index contributed by atoms with van der Waals surface area (Å²) in [5.41, 5.74) is 1.52. The molecule has 0 saturated carbocycles. The average Bonchev–Trinajstić information content (AvgIpc) is 2.53. The van der Waals surface area contributed by atoms with Gasteiger partial charge >= 0.3 is 0 Å². The molecule has 2 aromatic carbocycles. The molecule has 0 spiro atoms. The first kappa shape index (κ1) is 14.0. The zero-order valence-corrected chi connectivity index (χ0v) is 11.8. The van der Waals surface area contributed by atoms with Crippen molar-refractivity contribution in [2.45, 2.75) is 0 Å². The highest BCUT2D eigenvalue weighted by Crippen LogP contribution is 2.21. The van der Waals surface area contributed by atoms with Crippen LogP contribution in [0.4, 0.5) is 10.1 Å². The van der Waals surface area contributed by atoms with Gasteiger partial charge in [0.1, 0.15) is 11.6 Å². The molecule has 3 aromatic rings. The Balaban J connectivity index is 1.88. The second kappa shape index (κ2) is 5.81. The lowest BCUT2D eigenvalue weighted by Crippen LogP contribution is -2.12. The number of amides is 1. The molecule has 0 aliphatic carbocycles. The maximum absolute atomic E-state index is 13.4. The van der Waals surface area contributed by atoms with Crippen LogP contribution in [0.15, 0.2) is 54.7 Å². The van der Waals surface area contributed by atoms with Gasteiger partial charge < -0.3 is 10.1 Å². The van der Waals surface area contributed by atoms with Crippen molar-refractivity contribution in [1.29, 1.82) is 0 Å². The van der Waals surface area contributed by atoms with Crippen LogP contribution in [0.2, 0.25) is 0 Å². The molecule has 4 nitrogen and oxygen atoms in total. The summed E-state index contributed by atoms with van der Waals surface area (Å²) in [6.07, 6.45) is 1.67. The molecule has 110 valence electrons. The number of aromatic nitrogens is 1. The van der Waals surface area contributed by atoms with Crippen molar-refractivity contribution in [1.82, 2.24) is 4.98 Å². The third kappa shape index (κ3) is 2.88. The molecule has 1 heterocycles. The largest absolute Gasteiger partial charge is 0.497 e. The van der Waals surface area contributed by atoms with Crippen molar-refractivity contribution in [3.05, 3.63) is 66.1 Å². The second-order valence-electron chi connectivity index (χ2n) is 4.74. The summed E-state index contributed by atoms with van der Waals surface area (Å²) in [5.74, 6) is -0.467. The van der Waals surface area contributed by atoms with Crippen LogP contribution in [0.5, 0.6) is 5.75 Å². The molecule has 0 bridgehead atoms. The molecule has 22 heavy (non-hydrogen) atoms. The standard InChI is InChI=1S/C17H13FN2O2/c1-22-15-9-13(18)8-14(10-15)20-17(21)12-5-4-11-3-2-6-19-16(11)7-12/h2-10H,1H3,(H,20,21). The summed E-state index contributed by atoms with van der Waals surface area (Å²) in [5, 5.41) is 3.60. The van der Waals surface area contributed by atoms with Gasteiger partial charge in [-0.2, -0.15) is 0 Å². The van der Waals surface area contributed by atoms with E-state index in [1.807, 2.05) is 18.2 Å². The summed E-state index contributed by atoms with van der Waals surface area (Å²) in [7, 11) is 1.44. The van der Waals surface area contributed by atoms with Crippen LogP contribution in [0.1, 0.15) is 10.4 Å². The predicted octanol–water partition coefficient (Wildman–Crippen LogP) is 3.63. The molecule has 0 aliphatic heterocycles. The number of anilines is 1. The smallest absolute Gasteiger partial charge is 0.255 e. The highest BCUT2D eigenvalue weighted by atomic mass is 19.1. The fourth-order valence-electron chi connectivity index (χ4n) is 2.16. The van der Waals surface area contributed by atoms with E-state index in [0.29, 0.717) is 17.0 Å². The molecular weight excluding hydrogens is 283 g/mol. The third-order valence-corrected chi connectivity index (χ3v) is 3.23. The van der Waals surface area contributed by atoms with Crippen LogP contribution >= 0.6 is 0 Å². The molecule has 3 rings (SSSR count). The SMILES string of the molecule is COc1cc(F)cc(NC(=O)c2ccc3cccnc3c2)c1. The van der Waals surface area contributed by atoms with Crippen LogP contribution in [0.3, 0.4) is 0 Å². The van der Waals surface area contributed by atoms with Gasteiger partial charge in [0.15, 0.2) is 0 Å². The van der Waals surface area contributed by atoms with Crippen LogP contribution < -0.4 is 10.1 Å². The maximum atomic E-state index is 13.4. The van der Waals surface area contributed by atoms with E-state index in [1.54, 1.807) is 24.4 Å². The molecule has 0 fully saturated rings. The van der Waals surface area contributed by atoms with Crippen molar-refractivity contribution >= 4 is 22.5 Å². The number of halogens is 1. The molecule has 0 saturated heterocycles. The predicted molar refractivity (Wildman–Crippen MR) is 82.6 cm³/mol. The molecule has 1 aromatic heterocycles. The van der Waals surface area contributed by atoms with Gasteiger partial charge in [-0.3, -0.25) is 9.78 Å². The molecule has 1 amide bonds. The van der Waals surface area contributed by atoms with Gasteiger partial charge in [0.2, 0.25) is 0 Å². The van der Waals surface area contributed by atoms with Crippen molar-refractivity contribution in [3.8, 4) is 5.75 Å². The highest BCUT2D eigenvalue weighted by molar-refractivity contribution is 6.06. The number of hydrogen-bond acceptors (Lipinski definition) is 3. The van der Waals surface area contributed by atoms with Gasteiger partial charge in [0.05, 0.1) is 12.6 Å². The van der Waals surface area contributed by atoms with Gasteiger partial charge in [0.25, 0.3) is 5.91 Å². The van der Waals surface area contributed by atoms with E-state index in [2.05, 4.69) is 10.3 Å². The number of carbonyl (C=O) groups excluding carboxylic acids is 1. The van der Waals surface area contributed by atoms with Crippen molar-refractivity contribution in [3.63, 3.8) is 0 Å². The van der Waals surface area contributed by atoms with Gasteiger partial charge in [-0.1, -0.05) is 12.1 Å². The van der Waals surface area contributed by atoms with Gasteiger partial charge in [-0.15, -0.1) is 0 Å². The van der Waals surface area contributed by atoms with E-state index in [4.69, 9.17) is 4.74 Å². The summed E-state index contributed by atoms with van der Waals surface area (Å²) in [6.45, 7) is 0. The minimum atomic E-state index is -0.477. The summed E-state index contributed by atoms with van der Waals surface area (Å²) < 4.78 is 18.4. The zero-order valence-electron chi connectivity index (χ0n) is 11.8. The van der Waals surface area contributed by atoms with Crippen LogP contribution in [-0.2, 0) is 0 Å². The lowest BCUT2D eigenvalue weighted by Gasteiger charge is -2.08. The van der Waals surface area contributed by atoms with Gasteiger partial charge in [-0.25, -0.2) is 4.39 Å². The van der Waals surface area contributed by atoms with Crippen molar-refractivity contribution in [2.75, 3.05) is 12.4 Å². The Morgan fingerprint density at radius 1 is 1.18 bits per heavy atom. The van der Waals surface area contributed by atoms with E-state index in [9.17, 15) is 9.18 Å². The Morgan fingerprint density at radius 3 is 2.86 bits per heavy atom. The van der Waals surface area contributed by atoms with E-state index in [1.165, 1.54) is 19.2 Å². The molecule has 5 heteroatoms. The molecule has 0 unspecified atom stereocenters. The number of rotatable bonds is 3. The number of hydrogen-bond donors (Lipinski definition) is 1. The molecule has 0 atom stereocenters. The van der Waals surface area contributed by atoms with E-state index >= 15 is 0 Å². The second-order valence-corrected chi connectivity index (χ2v) is 4.74. The van der Waals surface area contributed by atoms with Gasteiger partial charge in [0, 0.05) is 35.0 Å². The summed E-state index contributed by atoms with van der Waals surface area (Å²) >= 11 is 0. The number of nitrogens with zero attached hydrogens (tertiary/aromatic N) is 1. The Hall–Kier alpha value is -2.95. The van der Waals surface area contributed by atoms with E-state index < -0.39 is 5.82 Å². The average molecular weight is 296 g/mol. The fraction of sp³-hybridized carbons (Fsp3) is 0.0588.